The van der Waals surface area contributed by atoms with Gasteiger partial charge in [-0.15, -0.1) is 0 Å². The van der Waals surface area contributed by atoms with E-state index < -0.39 is 0 Å². The number of hydrogen-bond acceptors (Lipinski definition) is 2. The van der Waals surface area contributed by atoms with Crippen LogP contribution < -0.4 is 5.43 Å². The van der Waals surface area contributed by atoms with Gasteiger partial charge in [-0.3, -0.25) is 4.79 Å². The molecule has 3 nitrogen and oxygen atoms in total. The van der Waals surface area contributed by atoms with Crippen molar-refractivity contribution in [2.75, 3.05) is 0 Å². The van der Waals surface area contributed by atoms with Crippen molar-refractivity contribution in [3.63, 3.8) is 0 Å². The van der Waals surface area contributed by atoms with Crippen LogP contribution in [0.5, 0.6) is 0 Å². The molecule has 0 aliphatic heterocycles. The second-order valence-electron chi connectivity index (χ2n) is 4.36. The van der Waals surface area contributed by atoms with E-state index >= 15 is 0 Å². The van der Waals surface area contributed by atoms with E-state index in [9.17, 15) is 4.79 Å². The molecule has 6 heteroatoms. The number of hydrazone groups is 1. The molecule has 2 aromatic carbocycles. The number of nitrogens with zero attached hydrogens (tertiary/aromatic N) is 1. The van der Waals surface area contributed by atoms with Crippen LogP contribution in [0, 0.1) is 6.92 Å². The monoisotopic (exact) mass is 340 g/mol. The van der Waals surface area contributed by atoms with E-state index in [1.165, 1.54) is 6.21 Å². The maximum absolute atomic E-state index is 11.9. The molecule has 2 aromatic rings. The lowest BCUT2D eigenvalue weighted by Crippen LogP contribution is -2.18. The maximum atomic E-state index is 11.9. The molecular weight excluding hydrogens is 331 g/mol. The third kappa shape index (κ3) is 4.21. The van der Waals surface area contributed by atoms with Crippen LogP contribution in [0.2, 0.25) is 15.1 Å². The Hall–Kier alpha value is -1.55. The largest absolute Gasteiger partial charge is 0.272 e. The van der Waals surface area contributed by atoms with Crippen LogP contribution in [-0.4, -0.2) is 12.1 Å². The summed E-state index contributed by atoms with van der Waals surface area (Å²) in [6, 6.07) is 10.2. The lowest BCUT2D eigenvalue weighted by atomic mass is 10.1. The fourth-order valence-corrected chi connectivity index (χ4v) is 2.25. The Morgan fingerprint density at radius 2 is 1.81 bits per heavy atom. The predicted octanol–water partition coefficient (Wildman–Crippen LogP) is 4.72. The highest BCUT2D eigenvalue weighted by molar-refractivity contribution is 6.42. The van der Waals surface area contributed by atoms with Gasteiger partial charge in [-0.1, -0.05) is 46.9 Å². The SMILES string of the molecule is Cc1ccc(C(=O)N/N=C\c2ccc(Cl)c(Cl)c2)c(Cl)c1. The number of rotatable bonds is 3. The van der Waals surface area contributed by atoms with Crippen molar-refractivity contribution in [1.29, 1.82) is 0 Å². The lowest BCUT2D eigenvalue weighted by molar-refractivity contribution is 0.0955. The maximum Gasteiger partial charge on any atom is 0.272 e. The lowest BCUT2D eigenvalue weighted by Gasteiger charge is -2.03. The van der Waals surface area contributed by atoms with Gasteiger partial charge in [0.2, 0.25) is 0 Å². The van der Waals surface area contributed by atoms with E-state index in [2.05, 4.69) is 10.5 Å². The molecule has 0 bridgehead atoms. The number of amides is 1. The summed E-state index contributed by atoms with van der Waals surface area (Å²) in [7, 11) is 0. The van der Waals surface area contributed by atoms with E-state index in [0.29, 0.717) is 20.6 Å². The highest BCUT2D eigenvalue weighted by Crippen LogP contribution is 2.21. The van der Waals surface area contributed by atoms with E-state index in [4.69, 9.17) is 34.8 Å². The molecule has 0 aliphatic rings. The Morgan fingerprint density at radius 3 is 2.48 bits per heavy atom. The summed E-state index contributed by atoms with van der Waals surface area (Å²) in [5, 5.41) is 5.14. The number of nitrogens with one attached hydrogen (secondary N) is 1. The van der Waals surface area contributed by atoms with E-state index in [-0.39, 0.29) is 5.91 Å². The van der Waals surface area contributed by atoms with Crippen LogP contribution in [0.3, 0.4) is 0 Å². The summed E-state index contributed by atoms with van der Waals surface area (Å²) in [5.74, 6) is -0.378. The smallest absolute Gasteiger partial charge is 0.267 e. The molecule has 0 saturated carbocycles. The van der Waals surface area contributed by atoms with Crippen molar-refractivity contribution in [1.82, 2.24) is 5.43 Å². The summed E-state index contributed by atoms with van der Waals surface area (Å²) in [6.45, 7) is 1.90. The fraction of sp³-hybridized carbons (Fsp3) is 0.0667. The van der Waals surface area contributed by atoms with Crippen LogP contribution in [0.1, 0.15) is 21.5 Å². The molecule has 0 unspecified atom stereocenters. The third-order valence-corrected chi connectivity index (χ3v) is 3.74. The van der Waals surface area contributed by atoms with Gasteiger partial charge in [0.05, 0.1) is 26.8 Å². The zero-order valence-corrected chi connectivity index (χ0v) is 13.3. The molecule has 0 fully saturated rings. The predicted molar refractivity (Wildman–Crippen MR) is 87.7 cm³/mol. The second-order valence-corrected chi connectivity index (χ2v) is 5.58. The number of benzene rings is 2. The molecule has 0 saturated heterocycles. The molecule has 2 rings (SSSR count). The van der Waals surface area contributed by atoms with Crippen LogP contribution in [-0.2, 0) is 0 Å². The molecule has 0 atom stereocenters. The number of hydrogen-bond donors (Lipinski definition) is 1. The van der Waals surface area contributed by atoms with Crippen LogP contribution in [0.25, 0.3) is 0 Å². The van der Waals surface area contributed by atoms with Gasteiger partial charge < -0.3 is 0 Å². The van der Waals surface area contributed by atoms with Gasteiger partial charge in [0.25, 0.3) is 5.91 Å². The number of halogens is 3. The number of carbonyl (C=O) groups is 1. The van der Waals surface area contributed by atoms with Crippen LogP contribution in [0.15, 0.2) is 41.5 Å². The van der Waals surface area contributed by atoms with Crippen molar-refractivity contribution in [3.8, 4) is 0 Å². The Morgan fingerprint density at radius 1 is 1.05 bits per heavy atom. The molecule has 0 radical (unpaired) electrons. The molecular formula is C15H11Cl3N2O. The quantitative estimate of drug-likeness (QED) is 0.637. The first kappa shape index (κ1) is 15.8. The molecule has 0 heterocycles. The van der Waals surface area contributed by atoms with Crippen molar-refractivity contribution in [2.24, 2.45) is 5.10 Å². The van der Waals surface area contributed by atoms with Crippen LogP contribution >= 0.6 is 34.8 Å². The summed E-state index contributed by atoms with van der Waals surface area (Å²) in [5.41, 5.74) is 4.49. The molecule has 1 amide bonds. The standard InChI is InChI=1S/C15H11Cl3N2O/c1-9-2-4-11(13(17)6-9)15(21)20-19-8-10-3-5-12(16)14(18)7-10/h2-8H,1H3,(H,20,21)/b19-8-. The molecule has 108 valence electrons. The van der Waals surface area contributed by atoms with Gasteiger partial charge in [0.15, 0.2) is 0 Å². The summed E-state index contributed by atoms with van der Waals surface area (Å²) in [4.78, 5) is 11.9. The van der Waals surface area contributed by atoms with E-state index in [1.54, 1.807) is 30.3 Å². The minimum atomic E-state index is -0.378. The normalized spacial score (nSPS) is 10.9. The van der Waals surface area contributed by atoms with Crippen LogP contribution in [0.4, 0.5) is 0 Å². The molecule has 0 spiro atoms. The highest BCUT2D eigenvalue weighted by Gasteiger charge is 2.09. The Balaban J connectivity index is 2.06. The first-order valence-corrected chi connectivity index (χ1v) is 7.15. The van der Waals surface area contributed by atoms with Crippen molar-refractivity contribution < 1.29 is 4.79 Å². The zero-order valence-electron chi connectivity index (χ0n) is 11.0. The van der Waals surface area contributed by atoms with Gasteiger partial charge in [-0.25, -0.2) is 5.43 Å². The van der Waals surface area contributed by atoms with Crippen molar-refractivity contribution >= 4 is 46.9 Å². The minimum absolute atomic E-state index is 0.369. The molecule has 21 heavy (non-hydrogen) atoms. The Labute approximate surface area is 137 Å². The topological polar surface area (TPSA) is 41.5 Å². The first-order valence-electron chi connectivity index (χ1n) is 6.02. The first-order chi connectivity index (χ1) is 9.97. The van der Waals surface area contributed by atoms with Gasteiger partial charge in [-0.05, 0) is 42.3 Å². The van der Waals surface area contributed by atoms with E-state index in [1.807, 2.05) is 13.0 Å². The molecule has 0 aromatic heterocycles. The Bertz CT molecular complexity index is 714. The minimum Gasteiger partial charge on any atom is -0.267 e. The van der Waals surface area contributed by atoms with Gasteiger partial charge in [-0.2, -0.15) is 5.10 Å². The fourth-order valence-electron chi connectivity index (χ4n) is 1.62. The molecule has 0 aliphatic carbocycles. The van der Waals surface area contributed by atoms with Gasteiger partial charge in [0.1, 0.15) is 0 Å². The van der Waals surface area contributed by atoms with Gasteiger partial charge >= 0.3 is 0 Å². The summed E-state index contributed by atoms with van der Waals surface area (Å²) >= 11 is 17.7. The number of carbonyl (C=O) groups excluding carboxylic acids is 1. The number of aryl methyl sites for hydroxylation is 1. The average Bonchev–Trinajstić information content (AvgIpc) is 2.42. The highest BCUT2D eigenvalue weighted by atomic mass is 35.5. The third-order valence-electron chi connectivity index (χ3n) is 2.69. The Kier molecular flexibility index (Phi) is 5.23. The molecule has 1 N–H and O–H groups in total. The van der Waals surface area contributed by atoms with E-state index in [0.717, 1.165) is 11.1 Å². The average molecular weight is 342 g/mol. The summed E-state index contributed by atoms with van der Waals surface area (Å²) in [6.07, 6.45) is 1.47. The van der Waals surface area contributed by atoms with Gasteiger partial charge in [0, 0.05) is 0 Å². The van der Waals surface area contributed by atoms with Crippen molar-refractivity contribution in [3.05, 3.63) is 68.2 Å². The zero-order chi connectivity index (χ0) is 15.4. The second kappa shape index (κ2) is 6.94. The summed E-state index contributed by atoms with van der Waals surface area (Å²) < 4.78 is 0. The van der Waals surface area contributed by atoms with Crippen molar-refractivity contribution in [2.45, 2.75) is 6.92 Å².